The maximum atomic E-state index is 11.1. The standard InChI is InChI=1S/C12H15NO3/c1-3-9(15)7-16-10-4-5-11(8(2)14)12(13)6-10/h4-6H,3,7,13H2,1-2H3. The van der Waals surface area contributed by atoms with E-state index in [0.29, 0.717) is 23.4 Å². The summed E-state index contributed by atoms with van der Waals surface area (Å²) >= 11 is 0. The van der Waals surface area contributed by atoms with E-state index in [4.69, 9.17) is 10.5 Å². The fourth-order valence-corrected chi connectivity index (χ4v) is 1.22. The van der Waals surface area contributed by atoms with Crippen LogP contribution in [-0.4, -0.2) is 18.2 Å². The van der Waals surface area contributed by atoms with Crippen LogP contribution in [0.15, 0.2) is 18.2 Å². The second-order valence-corrected chi connectivity index (χ2v) is 3.49. The second-order valence-electron chi connectivity index (χ2n) is 3.49. The molecule has 86 valence electrons. The van der Waals surface area contributed by atoms with Crippen LogP contribution in [0.5, 0.6) is 5.75 Å². The zero-order valence-corrected chi connectivity index (χ0v) is 9.45. The molecule has 0 heterocycles. The van der Waals surface area contributed by atoms with E-state index in [1.165, 1.54) is 6.92 Å². The molecule has 0 aliphatic carbocycles. The Hall–Kier alpha value is -1.84. The maximum absolute atomic E-state index is 11.1. The summed E-state index contributed by atoms with van der Waals surface area (Å²) in [4.78, 5) is 22.1. The Morgan fingerprint density at radius 2 is 2.06 bits per heavy atom. The largest absolute Gasteiger partial charge is 0.486 e. The van der Waals surface area contributed by atoms with E-state index in [2.05, 4.69) is 0 Å². The zero-order valence-electron chi connectivity index (χ0n) is 9.45. The van der Waals surface area contributed by atoms with Crippen LogP contribution >= 0.6 is 0 Å². The molecule has 0 aromatic heterocycles. The average Bonchev–Trinajstić information content (AvgIpc) is 2.25. The van der Waals surface area contributed by atoms with Crippen molar-refractivity contribution in [2.75, 3.05) is 12.3 Å². The quantitative estimate of drug-likeness (QED) is 0.608. The van der Waals surface area contributed by atoms with Gasteiger partial charge in [0.25, 0.3) is 0 Å². The molecule has 16 heavy (non-hydrogen) atoms. The molecule has 0 fully saturated rings. The first-order chi connectivity index (χ1) is 7.54. The third kappa shape index (κ3) is 3.08. The van der Waals surface area contributed by atoms with Gasteiger partial charge in [-0.05, 0) is 19.1 Å². The van der Waals surface area contributed by atoms with Gasteiger partial charge in [-0.2, -0.15) is 0 Å². The van der Waals surface area contributed by atoms with Crippen LogP contribution in [0.25, 0.3) is 0 Å². The lowest BCUT2D eigenvalue weighted by Gasteiger charge is -2.07. The summed E-state index contributed by atoms with van der Waals surface area (Å²) in [7, 11) is 0. The van der Waals surface area contributed by atoms with Gasteiger partial charge >= 0.3 is 0 Å². The van der Waals surface area contributed by atoms with Crippen LogP contribution in [-0.2, 0) is 4.79 Å². The number of carbonyl (C=O) groups is 2. The van der Waals surface area contributed by atoms with E-state index < -0.39 is 0 Å². The molecule has 0 radical (unpaired) electrons. The Morgan fingerprint density at radius 3 is 2.56 bits per heavy atom. The average molecular weight is 221 g/mol. The van der Waals surface area contributed by atoms with Crippen molar-refractivity contribution >= 4 is 17.3 Å². The number of hydrogen-bond donors (Lipinski definition) is 1. The Bertz CT molecular complexity index is 413. The van der Waals surface area contributed by atoms with Crippen molar-refractivity contribution in [3.05, 3.63) is 23.8 Å². The predicted molar refractivity (Wildman–Crippen MR) is 61.7 cm³/mol. The zero-order chi connectivity index (χ0) is 12.1. The summed E-state index contributed by atoms with van der Waals surface area (Å²) in [6.45, 7) is 3.26. The van der Waals surface area contributed by atoms with Crippen LogP contribution in [0.3, 0.4) is 0 Å². The topological polar surface area (TPSA) is 69.4 Å². The lowest BCUT2D eigenvalue weighted by Crippen LogP contribution is -2.10. The maximum Gasteiger partial charge on any atom is 0.169 e. The molecular formula is C12H15NO3. The number of nitrogens with two attached hydrogens (primary N) is 1. The van der Waals surface area contributed by atoms with Gasteiger partial charge in [0.2, 0.25) is 0 Å². The number of ketones is 2. The van der Waals surface area contributed by atoms with E-state index in [1.807, 2.05) is 0 Å². The lowest BCUT2D eigenvalue weighted by atomic mass is 10.1. The summed E-state index contributed by atoms with van der Waals surface area (Å²) in [6.07, 6.45) is 0.445. The van der Waals surface area contributed by atoms with Crippen molar-refractivity contribution in [1.29, 1.82) is 0 Å². The molecule has 0 aliphatic heterocycles. The highest BCUT2D eigenvalue weighted by Gasteiger charge is 2.06. The van der Waals surface area contributed by atoms with Crippen LogP contribution in [0.2, 0.25) is 0 Å². The Kier molecular flexibility index (Phi) is 4.05. The Labute approximate surface area is 94.4 Å². The molecule has 4 nitrogen and oxygen atoms in total. The molecule has 0 atom stereocenters. The minimum atomic E-state index is -0.0892. The van der Waals surface area contributed by atoms with Gasteiger partial charge in [0, 0.05) is 23.7 Å². The van der Waals surface area contributed by atoms with Crippen LogP contribution in [0.4, 0.5) is 5.69 Å². The number of benzene rings is 1. The third-order valence-corrected chi connectivity index (χ3v) is 2.20. The SMILES string of the molecule is CCC(=O)COc1ccc(C(C)=O)c(N)c1. The molecule has 0 saturated carbocycles. The van der Waals surface area contributed by atoms with Crippen molar-refractivity contribution in [3.8, 4) is 5.75 Å². The normalized spacial score (nSPS) is 9.88. The number of ether oxygens (including phenoxy) is 1. The first kappa shape index (κ1) is 12.2. The summed E-state index contributed by atoms with van der Waals surface area (Å²) in [6, 6.07) is 4.79. The number of carbonyl (C=O) groups excluding carboxylic acids is 2. The number of Topliss-reactive ketones (excluding diaryl/α,β-unsaturated/α-hetero) is 2. The number of nitrogen functional groups attached to an aromatic ring is 1. The van der Waals surface area contributed by atoms with Crippen molar-refractivity contribution < 1.29 is 14.3 Å². The van der Waals surface area contributed by atoms with Gasteiger partial charge in [-0.25, -0.2) is 0 Å². The minimum Gasteiger partial charge on any atom is -0.486 e. The van der Waals surface area contributed by atoms with Gasteiger partial charge < -0.3 is 10.5 Å². The highest BCUT2D eigenvalue weighted by atomic mass is 16.5. The fraction of sp³-hybridized carbons (Fsp3) is 0.333. The fourth-order valence-electron chi connectivity index (χ4n) is 1.22. The third-order valence-electron chi connectivity index (χ3n) is 2.20. The van der Waals surface area contributed by atoms with Gasteiger partial charge in [0.05, 0.1) is 0 Å². The minimum absolute atomic E-state index is 0.0224. The van der Waals surface area contributed by atoms with Gasteiger partial charge in [-0.15, -0.1) is 0 Å². The lowest BCUT2D eigenvalue weighted by molar-refractivity contribution is -0.120. The molecule has 1 rings (SSSR count). The molecule has 0 amide bonds. The molecule has 0 bridgehead atoms. The Balaban J connectivity index is 2.74. The number of rotatable bonds is 5. The molecule has 0 saturated heterocycles. The highest BCUT2D eigenvalue weighted by molar-refractivity contribution is 5.99. The van der Waals surface area contributed by atoms with Crippen molar-refractivity contribution in [2.24, 2.45) is 0 Å². The smallest absolute Gasteiger partial charge is 0.169 e. The van der Waals surface area contributed by atoms with E-state index in [9.17, 15) is 9.59 Å². The van der Waals surface area contributed by atoms with E-state index in [0.717, 1.165) is 0 Å². The van der Waals surface area contributed by atoms with Crippen molar-refractivity contribution in [1.82, 2.24) is 0 Å². The van der Waals surface area contributed by atoms with Crippen LogP contribution < -0.4 is 10.5 Å². The molecule has 0 aliphatic rings. The van der Waals surface area contributed by atoms with E-state index >= 15 is 0 Å². The summed E-state index contributed by atoms with van der Waals surface area (Å²) in [5, 5.41) is 0. The molecule has 1 aromatic carbocycles. The van der Waals surface area contributed by atoms with Crippen LogP contribution in [0, 0.1) is 0 Å². The first-order valence-corrected chi connectivity index (χ1v) is 5.09. The van der Waals surface area contributed by atoms with Crippen molar-refractivity contribution in [3.63, 3.8) is 0 Å². The van der Waals surface area contributed by atoms with Gasteiger partial charge in [0.1, 0.15) is 12.4 Å². The van der Waals surface area contributed by atoms with E-state index in [-0.39, 0.29) is 18.2 Å². The molecule has 1 aromatic rings. The van der Waals surface area contributed by atoms with Gasteiger partial charge in [-0.3, -0.25) is 9.59 Å². The summed E-state index contributed by atoms with van der Waals surface area (Å²) in [5.41, 5.74) is 6.51. The number of hydrogen-bond acceptors (Lipinski definition) is 4. The molecule has 0 spiro atoms. The summed E-state index contributed by atoms with van der Waals surface area (Å²) in [5.74, 6) is 0.437. The monoisotopic (exact) mass is 221 g/mol. The van der Waals surface area contributed by atoms with Crippen molar-refractivity contribution in [2.45, 2.75) is 20.3 Å². The second kappa shape index (κ2) is 5.30. The first-order valence-electron chi connectivity index (χ1n) is 5.09. The van der Waals surface area contributed by atoms with Gasteiger partial charge in [-0.1, -0.05) is 6.92 Å². The molecule has 2 N–H and O–H groups in total. The Morgan fingerprint density at radius 1 is 1.38 bits per heavy atom. The predicted octanol–water partition coefficient (Wildman–Crippen LogP) is 1.83. The summed E-state index contributed by atoms with van der Waals surface area (Å²) < 4.78 is 5.23. The van der Waals surface area contributed by atoms with Crippen LogP contribution in [0.1, 0.15) is 30.6 Å². The number of anilines is 1. The molecular weight excluding hydrogens is 206 g/mol. The van der Waals surface area contributed by atoms with Gasteiger partial charge in [0.15, 0.2) is 11.6 Å². The molecule has 0 unspecified atom stereocenters. The van der Waals surface area contributed by atoms with E-state index in [1.54, 1.807) is 25.1 Å². The highest BCUT2D eigenvalue weighted by Crippen LogP contribution is 2.20. The molecule has 4 heteroatoms.